The molecule has 7 rings (SSSR count). The first-order chi connectivity index (χ1) is 17.6. The fraction of sp³-hybridized carbons (Fsp3) is 0.179. The van der Waals surface area contributed by atoms with Crippen molar-refractivity contribution in [3.8, 4) is 0 Å². The van der Waals surface area contributed by atoms with E-state index >= 15 is 0 Å². The van der Waals surface area contributed by atoms with E-state index in [1.165, 1.54) is 5.56 Å². The highest BCUT2D eigenvalue weighted by molar-refractivity contribution is 6.03. The number of carbonyl (C=O) groups is 2. The van der Waals surface area contributed by atoms with Gasteiger partial charge in [0.15, 0.2) is 0 Å². The highest BCUT2D eigenvalue weighted by Crippen LogP contribution is 2.44. The molecule has 2 N–H and O–H groups in total. The van der Waals surface area contributed by atoms with Gasteiger partial charge in [-0.05, 0) is 48.4 Å². The molecule has 0 bridgehead atoms. The Morgan fingerprint density at radius 2 is 1.94 bits per heavy atom. The zero-order valence-electron chi connectivity index (χ0n) is 19.7. The Bertz CT molecular complexity index is 1680. The minimum Gasteiger partial charge on any atom is -0.349 e. The number of para-hydroxylation sites is 2. The summed E-state index contributed by atoms with van der Waals surface area (Å²) in [7, 11) is 2.03. The number of aromatic amines is 1. The summed E-state index contributed by atoms with van der Waals surface area (Å²) in [4.78, 5) is 38.2. The predicted molar refractivity (Wildman–Crippen MR) is 139 cm³/mol. The molecular weight excluding hydrogens is 452 g/mol. The van der Waals surface area contributed by atoms with Crippen LogP contribution in [0.2, 0.25) is 0 Å². The number of aromatic nitrogens is 3. The van der Waals surface area contributed by atoms with Crippen LogP contribution >= 0.6 is 0 Å². The van der Waals surface area contributed by atoms with Gasteiger partial charge in [-0.25, -0.2) is 4.98 Å². The molecular formula is C28H24N6O2. The smallest absolute Gasteiger partial charge is 0.257 e. The summed E-state index contributed by atoms with van der Waals surface area (Å²) in [5.74, 6) is -0.0896. The van der Waals surface area contributed by atoms with Gasteiger partial charge in [-0.1, -0.05) is 30.3 Å². The number of fused-ring (bicyclic) bond motifs is 7. The van der Waals surface area contributed by atoms with Gasteiger partial charge in [0.25, 0.3) is 5.91 Å². The Morgan fingerprint density at radius 3 is 2.86 bits per heavy atom. The Labute approximate surface area is 207 Å². The predicted octanol–water partition coefficient (Wildman–Crippen LogP) is 4.30. The van der Waals surface area contributed by atoms with Crippen LogP contribution < -0.4 is 10.2 Å². The lowest BCUT2D eigenvalue weighted by molar-refractivity contribution is -0.116. The molecule has 2 aliphatic heterocycles. The summed E-state index contributed by atoms with van der Waals surface area (Å²) in [6.45, 7) is 0.782. The quantitative estimate of drug-likeness (QED) is 0.407. The minimum absolute atomic E-state index is 0.0356. The molecule has 36 heavy (non-hydrogen) atoms. The molecule has 4 heterocycles. The van der Waals surface area contributed by atoms with E-state index in [9.17, 15) is 9.59 Å². The number of carbonyl (C=O) groups excluding carboxylic acids is 2. The molecule has 0 saturated carbocycles. The normalized spacial score (nSPS) is 16.7. The van der Waals surface area contributed by atoms with E-state index in [0.717, 1.165) is 39.7 Å². The Hall–Kier alpha value is -4.59. The van der Waals surface area contributed by atoms with E-state index in [4.69, 9.17) is 0 Å². The van der Waals surface area contributed by atoms with E-state index in [1.807, 2.05) is 66.5 Å². The van der Waals surface area contributed by atoms with Crippen LogP contribution in [0.3, 0.4) is 0 Å². The second-order valence-corrected chi connectivity index (χ2v) is 9.40. The second-order valence-electron chi connectivity index (χ2n) is 9.40. The lowest BCUT2D eigenvalue weighted by Crippen LogP contribution is -2.51. The summed E-state index contributed by atoms with van der Waals surface area (Å²) >= 11 is 0. The number of H-pyrrole nitrogens is 1. The molecule has 5 aromatic rings. The van der Waals surface area contributed by atoms with Crippen LogP contribution in [0.25, 0.3) is 21.9 Å². The lowest BCUT2D eigenvalue weighted by atomic mass is 9.96. The summed E-state index contributed by atoms with van der Waals surface area (Å²) in [5.41, 5.74) is 7.27. The first-order valence-electron chi connectivity index (χ1n) is 12.1. The fourth-order valence-electron chi connectivity index (χ4n) is 5.84. The van der Waals surface area contributed by atoms with Gasteiger partial charge in [-0.15, -0.1) is 0 Å². The van der Waals surface area contributed by atoms with Gasteiger partial charge in [0.05, 0.1) is 34.3 Å². The van der Waals surface area contributed by atoms with Crippen molar-refractivity contribution in [2.24, 2.45) is 0 Å². The molecule has 0 fully saturated rings. The van der Waals surface area contributed by atoms with E-state index in [2.05, 4.69) is 36.9 Å². The molecule has 3 aromatic carbocycles. The average Bonchev–Trinajstić information content (AvgIpc) is 3.49. The number of amides is 2. The first-order valence-corrected chi connectivity index (χ1v) is 12.1. The van der Waals surface area contributed by atoms with Crippen LogP contribution in [-0.4, -0.2) is 44.8 Å². The molecule has 8 heteroatoms. The third kappa shape index (κ3) is 2.97. The van der Waals surface area contributed by atoms with Crippen LogP contribution in [0.1, 0.15) is 27.8 Å². The van der Waals surface area contributed by atoms with Gasteiger partial charge in [0.2, 0.25) is 5.91 Å². The molecule has 0 spiro atoms. The molecule has 2 amide bonds. The molecule has 0 aliphatic carbocycles. The van der Waals surface area contributed by atoms with Crippen LogP contribution in [0.4, 0.5) is 11.4 Å². The monoisotopic (exact) mass is 476 g/mol. The maximum absolute atomic E-state index is 13.5. The van der Waals surface area contributed by atoms with Gasteiger partial charge in [0.1, 0.15) is 12.7 Å². The molecule has 0 radical (unpaired) electrons. The summed E-state index contributed by atoms with van der Waals surface area (Å²) in [6.07, 6.45) is 2.11. The SMILES string of the molecule is CN1c2ccccc2C(=O)N2CCc3c(n(CC(=O)Nc4ccc5nc[nH]c5c4)c4ccccc34)C21. The fourth-order valence-corrected chi connectivity index (χ4v) is 5.84. The zero-order valence-corrected chi connectivity index (χ0v) is 19.7. The maximum Gasteiger partial charge on any atom is 0.257 e. The van der Waals surface area contributed by atoms with Crippen LogP contribution in [-0.2, 0) is 17.8 Å². The molecule has 2 aromatic heterocycles. The van der Waals surface area contributed by atoms with Crippen molar-refractivity contribution in [3.05, 3.63) is 89.9 Å². The van der Waals surface area contributed by atoms with Crippen molar-refractivity contribution < 1.29 is 9.59 Å². The third-order valence-corrected chi connectivity index (χ3v) is 7.41. The summed E-state index contributed by atoms with van der Waals surface area (Å²) in [5, 5.41) is 4.18. The third-order valence-electron chi connectivity index (χ3n) is 7.41. The highest BCUT2D eigenvalue weighted by atomic mass is 16.2. The van der Waals surface area contributed by atoms with E-state index < -0.39 is 0 Å². The maximum atomic E-state index is 13.5. The zero-order chi connectivity index (χ0) is 24.4. The Kier molecular flexibility index (Phi) is 4.44. The number of hydrogen-bond acceptors (Lipinski definition) is 4. The molecule has 8 nitrogen and oxygen atoms in total. The summed E-state index contributed by atoms with van der Waals surface area (Å²) < 4.78 is 2.09. The van der Waals surface area contributed by atoms with Gasteiger partial charge >= 0.3 is 0 Å². The Morgan fingerprint density at radius 1 is 1.11 bits per heavy atom. The average molecular weight is 477 g/mol. The van der Waals surface area contributed by atoms with E-state index in [1.54, 1.807) is 6.33 Å². The number of nitrogens with zero attached hydrogens (tertiary/aromatic N) is 4. The first kappa shape index (κ1) is 20.8. The Balaban J connectivity index is 1.31. The summed E-state index contributed by atoms with van der Waals surface area (Å²) in [6, 6.07) is 21.6. The lowest BCUT2D eigenvalue weighted by Gasteiger charge is -2.46. The number of nitrogens with one attached hydrogen (secondary N) is 2. The van der Waals surface area contributed by atoms with Gasteiger partial charge < -0.3 is 24.7 Å². The number of anilines is 2. The van der Waals surface area contributed by atoms with E-state index in [-0.39, 0.29) is 24.5 Å². The van der Waals surface area contributed by atoms with Crippen LogP contribution in [0, 0.1) is 0 Å². The number of imidazole rings is 1. The second kappa shape index (κ2) is 7.71. The van der Waals surface area contributed by atoms with E-state index in [0.29, 0.717) is 17.8 Å². The molecule has 178 valence electrons. The van der Waals surface area contributed by atoms with Crippen LogP contribution in [0.5, 0.6) is 0 Å². The van der Waals surface area contributed by atoms with Crippen molar-refractivity contribution >= 4 is 45.1 Å². The minimum atomic E-state index is -0.280. The highest BCUT2D eigenvalue weighted by Gasteiger charge is 2.42. The van der Waals surface area contributed by atoms with Gasteiger partial charge in [-0.2, -0.15) is 0 Å². The number of benzene rings is 3. The standard InChI is InChI=1S/C28H24N6O2/c1-32-23-8-4-3-7-20(23)28(36)33-13-12-19-18-6-2-5-9-24(18)34(26(19)27(32)33)15-25(35)31-17-10-11-21-22(14-17)30-16-29-21/h2-11,14,16,27H,12-13,15H2,1H3,(H,29,30)(H,31,35). The topological polar surface area (TPSA) is 86.3 Å². The number of hydrogen-bond donors (Lipinski definition) is 2. The van der Waals surface area contributed by atoms with Crippen molar-refractivity contribution in [2.45, 2.75) is 19.1 Å². The molecule has 0 saturated heterocycles. The van der Waals surface area contributed by atoms with Crippen molar-refractivity contribution in [1.29, 1.82) is 0 Å². The largest absolute Gasteiger partial charge is 0.349 e. The van der Waals surface area contributed by atoms with Crippen molar-refractivity contribution in [3.63, 3.8) is 0 Å². The van der Waals surface area contributed by atoms with Gasteiger partial charge in [-0.3, -0.25) is 9.59 Å². The molecule has 1 atom stereocenters. The van der Waals surface area contributed by atoms with Crippen molar-refractivity contribution in [1.82, 2.24) is 19.4 Å². The number of rotatable bonds is 3. The van der Waals surface area contributed by atoms with Crippen molar-refractivity contribution in [2.75, 3.05) is 23.8 Å². The molecule has 1 unspecified atom stereocenters. The molecule has 2 aliphatic rings. The van der Waals surface area contributed by atoms with Gasteiger partial charge in [0, 0.05) is 30.2 Å². The van der Waals surface area contributed by atoms with Crippen LogP contribution in [0.15, 0.2) is 73.1 Å².